The average molecular weight is 373 g/mol. The molecule has 3 aromatic rings. The molecular formula is C17H15N3O5S. The number of sulfone groups is 1. The molecule has 9 heteroatoms. The lowest BCUT2D eigenvalue weighted by Crippen LogP contribution is -2.39. The number of furan rings is 1. The number of benzene rings is 1. The minimum Gasteiger partial charge on any atom is -0.459 e. The highest BCUT2D eigenvalue weighted by Crippen LogP contribution is 2.27. The van der Waals surface area contributed by atoms with E-state index in [1.807, 2.05) is 24.3 Å². The molecule has 0 fully saturated rings. The van der Waals surface area contributed by atoms with Crippen molar-refractivity contribution in [3.63, 3.8) is 0 Å². The molecule has 0 spiro atoms. The van der Waals surface area contributed by atoms with E-state index in [1.165, 1.54) is 11.2 Å². The Morgan fingerprint density at radius 1 is 1.15 bits per heavy atom. The number of hydrogen-bond acceptors (Lipinski definition) is 7. The molecule has 3 heterocycles. The monoisotopic (exact) mass is 373 g/mol. The standard InChI is InChI=1S/C17H15N3O5S/c21-15(20-9-3-6-12-5-1-2-7-13(12)20)11-26(22,23)17-19-18-16(25-17)14-8-4-10-24-14/h1-2,4-5,7-8,10H,3,6,9,11H2. The van der Waals surface area contributed by atoms with Gasteiger partial charge >= 0.3 is 5.22 Å². The first-order valence-corrected chi connectivity index (χ1v) is 9.68. The number of carbonyl (C=O) groups excluding carboxylic acids is 1. The molecule has 0 N–H and O–H groups in total. The number of aryl methyl sites for hydroxylation is 1. The van der Waals surface area contributed by atoms with Gasteiger partial charge in [0, 0.05) is 12.2 Å². The molecule has 2 aromatic heterocycles. The fourth-order valence-electron chi connectivity index (χ4n) is 2.93. The Kier molecular flexibility index (Phi) is 4.08. The van der Waals surface area contributed by atoms with Gasteiger partial charge in [-0.25, -0.2) is 8.42 Å². The fourth-order valence-corrected chi connectivity index (χ4v) is 3.91. The van der Waals surface area contributed by atoms with E-state index in [2.05, 4.69) is 10.2 Å². The molecule has 8 nitrogen and oxygen atoms in total. The lowest BCUT2D eigenvalue weighted by atomic mass is 10.0. The number of amides is 1. The molecule has 0 radical (unpaired) electrons. The predicted octanol–water partition coefficient (Wildman–Crippen LogP) is 2.08. The number of carbonyl (C=O) groups is 1. The van der Waals surface area contributed by atoms with E-state index in [4.69, 9.17) is 8.83 Å². The number of anilines is 1. The van der Waals surface area contributed by atoms with Crippen molar-refractivity contribution >= 4 is 21.4 Å². The van der Waals surface area contributed by atoms with E-state index >= 15 is 0 Å². The maximum absolute atomic E-state index is 12.6. The largest absolute Gasteiger partial charge is 0.459 e. The van der Waals surface area contributed by atoms with Gasteiger partial charge in [0.15, 0.2) is 5.76 Å². The summed E-state index contributed by atoms with van der Waals surface area (Å²) >= 11 is 0. The third-order valence-electron chi connectivity index (χ3n) is 4.13. The van der Waals surface area contributed by atoms with Crippen molar-refractivity contribution in [1.29, 1.82) is 0 Å². The van der Waals surface area contributed by atoms with Gasteiger partial charge in [-0.2, -0.15) is 0 Å². The minimum atomic E-state index is -4.05. The van der Waals surface area contributed by atoms with Crippen LogP contribution < -0.4 is 4.90 Å². The number of fused-ring (bicyclic) bond motifs is 1. The van der Waals surface area contributed by atoms with Crippen LogP contribution in [0.5, 0.6) is 0 Å². The molecule has 1 aliphatic heterocycles. The smallest absolute Gasteiger partial charge is 0.336 e. The van der Waals surface area contributed by atoms with Gasteiger partial charge in [0.25, 0.3) is 5.89 Å². The first kappa shape index (κ1) is 16.5. The third kappa shape index (κ3) is 3.01. The lowest BCUT2D eigenvalue weighted by molar-refractivity contribution is -0.116. The van der Waals surface area contributed by atoms with Gasteiger partial charge in [-0.05, 0) is 36.6 Å². The maximum Gasteiger partial charge on any atom is 0.336 e. The van der Waals surface area contributed by atoms with Gasteiger partial charge < -0.3 is 13.7 Å². The summed E-state index contributed by atoms with van der Waals surface area (Å²) in [5, 5.41) is 6.62. The van der Waals surface area contributed by atoms with Crippen molar-refractivity contribution in [3.05, 3.63) is 48.2 Å². The SMILES string of the molecule is O=C(CS(=O)(=O)c1nnc(-c2ccco2)o1)N1CCCc2ccccc21. The summed E-state index contributed by atoms with van der Waals surface area (Å²) in [5.74, 6) is -1.05. The van der Waals surface area contributed by atoms with Gasteiger partial charge in [0.05, 0.1) is 6.26 Å². The van der Waals surface area contributed by atoms with Crippen molar-refractivity contribution in [2.75, 3.05) is 17.2 Å². The van der Waals surface area contributed by atoms with Crippen molar-refractivity contribution in [1.82, 2.24) is 10.2 Å². The second-order valence-corrected chi connectivity index (χ2v) is 7.75. The Morgan fingerprint density at radius 2 is 2.00 bits per heavy atom. The van der Waals surface area contributed by atoms with E-state index < -0.39 is 26.7 Å². The topological polar surface area (TPSA) is 107 Å². The highest BCUT2D eigenvalue weighted by atomic mass is 32.2. The van der Waals surface area contributed by atoms with Gasteiger partial charge in [0.2, 0.25) is 15.7 Å². The molecule has 1 aliphatic rings. The highest BCUT2D eigenvalue weighted by Gasteiger charge is 2.31. The molecule has 0 saturated heterocycles. The van der Waals surface area contributed by atoms with Crippen molar-refractivity contribution < 1.29 is 22.0 Å². The molecular weight excluding hydrogens is 358 g/mol. The summed E-state index contributed by atoms with van der Waals surface area (Å²) < 4.78 is 35.3. The molecule has 0 atom stereocenters. The van der Waals surface area contributed by atoms with E-state index in [1.54, 1.807) is 12.1 Å². The van der Waals surface area contributed by atoms with Crippen LogP contribution in [-0.2, 0) is 21.1 Å². The highest BCUT2D eigenvalue weighted by molar-refractivity contribution is 7.91. The van der Waals surface area contributed by atoms with Gasteiger partial charge in [-0.1, -0.05) is 23.3 Å². The predicted molar refractivity (Wildman–Crippen MR) is 91.2 cm³/mol. The molecule has 0 saturated carbocycles. The van der Waals surface area contributed by atoms with Crippen LogP contribution in [0.2, 0.25) is 0 Å². The summed E-state index contributed by atoms with van der Waals surface area (Å²) in [6.45, 7) is 0.479. The van der Waals surface area contributed by atoms with Gasteiger partial charge in [0.1, 0.15) is 5.75 Å². The second-order valence-electron chi connectivity index (χ2n) is 5.89. The zero-order chi connectivity index (χ0) is 18.1. The number of rotatable bonds is 4. The van der Waals surface area contributed by atoms with Crippen LogP contribution in [0.25, 0.3) is 11.7 Å². The lowest BCUT2D eigenvalue weighted by Gasteiger charge is -2.29. The third-order valence-corrected chi connectivity index (χ3v) is 5.45. The van der Waals surface area contributed by atoms with E-state index in [0.717, 1.165) is 24.1 Å². The number of para-hydroxylation sites is 1. The average Bonchev–Trinajstić information content (AvgIpc) is 3.32. The van der Waals surface area contributed by atoms with Crippen LogP contribution in [0.1, 0.15) is 12.0 Å². The number of nitrogens with zero attached hydrogens (tertiary/aromatic N) is 3. The van der Waals surface area contributed by atoms with Crippen molar-refractivity contribution in [3.8, 4) is 11.7 Å². The van der Waals surface area contributed by atoms with Gasteiger partial charge in [-0.3, -0.25) is 4.79 Å². The zero-order valence-electron chi connectivity index (χ0n) is 13.7. The Balaban J connectivity index is 1.56. The molecule has 1 aromatic carbocycles. The van der Waals surface area contributed by atoms with E-state index in [9.17, 15) is 13.2 Å². The summed E-state index contributed by atoms with van der Waals surface area (Å²) in [5.41, 5.74) is 1.78. The fraction of sp³-hybridized carbons (Fsp3) is 0.235. The molecule has 0 bridgehead atoms. The van der Waals surface area contributed by atoms with Crippen LogP contribution in [-0.4, -0.2) is 36.8 Å². The van der Waals surface area contributed by atoms with Crippen LogP contribution in [0, 0.1) is 0 Å². The zero-order valence-corrected chi connectivity index (χ0v) is 14.5. The molecule has 0 aliphatic carbocycles. The summed E-state index contributed by atoms with van der Waals surface area (Å²) in [7, 11) is -4.05. The molecule has 0 unspecified atom stereocenters. The van der Waals surface area contributed by atoms with Crippen molar-refractivity contribution in [2.45, 2.75) is 18.1 Å². The molecule has 4 rings (SSSR count). The van der Waals surface area contributed by atoms with Crippen LogP contribution in [0.3, 0.4) is 0 Å². The summed E-state index contributed by atoms with van der Waals surface area (Å²) in [6, 6.07) is 10.7. The molecule has 1 amide bonds. The minimum absolute atomic E-state index is 0.0515. The van der Waals surface area contributed by atoms with E-state index in [0.29, 0.717) is 6.54 Å². The first-order chi connectivity index (χ1) is 12.5. The Bertz CT molecular complexity index is 1040. The van der Waals surface area contributed by atoms with Crippen LogP contribution in [0.4, 0.5) is 5.69 Å². The number of hydrogen-bond donors (Lipinski definition) is 0. The first-order valence-electron chi connectivity index (χ1n) is 8.03. The van der Waals surface area contributed by atoms with Gasteiger partial charge in [-0.15, -0.1) is 5.10 Å². The number of aromatic nitrogens is 2. The normalized spacial score (nSPS) is 14.2. The van der Waals surface area contributed by atoms with Crippen molar-refractivity contribution in [2.24, 2.45) is 0 Å². The Hall–Kier alpha value is -2.94. The maximum atomic E-state index is 12.6. The van der Waals surface area contributed by atoms with Crippen LogP contribution in [0.15, 0.2) is 56.7 Å². The summed E-state index contributed by atoms with van der Waals surface area (Å²) in [4.78, 5) is 14.1. The Labute approximate surface area is 149 Å². The van der Waals surface area contributed by atoms with Crippen LogP contribution >= 0.6 is 0 Å². The van der Waals surface area contributed by atoms with E-state index in [-0.39, 0.29) is 11.7 Å². The quantitative estimate of drug-likeness (QED) is 0.689. The second kappa shape index (κ2) is 6.41. The summed E-state index contributed by atoms with van der Waals surface area (Å²) in [6.07, 6.45) is 3.06. The Morgan fingerprint density at radius 3 is 2.81 bits per heavy atom. The molecule has 26 heavy (non-hydrogen) atoms. The molecule has 134 valence electrons.